The molecule has 5 aromatic rings. The first-order valence-corrected chi connectivity index (χ1v) is 12.2. The zero-order valence-corrected chi connectivity index (χ0v) is 21.5. The highest BCUT2D eigenvalue weighted by Gasteiger charge is 2.33. The zero-order chi connectivity index (χ0) is 25.9. The standard InChI is InChI=1S/C24H26ClN9O3/c1-24(2,3)17-8-18(31-34(17)14-11-36-12-15(14)35)29-23-30-22-21(32(23)4)20(25)16(10-27-22)37-13-7-19-26-5-6-33(19)28-9-13/h5-10,14-15,35H,11-12H2,1-4H3,(H,27,29,30,31)/t14?,15-/m1/s1. The van der Waals surface area contributed by atoms with Gasteiger partial charge < -0.3 is 24.5 Å². The van der Waals surface area contributed by atoms with E-state index in [0.717, 1.165) is 5.69 Å². The molecule has 0 aromatic carbocycles. The van der Waals surface area contributed by atoms with Gasteiger partial charge in [-0.3, -0.25) is 4.68 Å². The number of nitrogens with zero attached hydrogens (tertiary/aromatic N) is 8. The van der Waals surface area contributed by atoms with E-state index in [1.807, 2.05) is 17.8 Å². The smallest absolute Gasteiger partial charge is 0.210 e. The fourth-order valence-electron chi connectivity index (χ4n) is 4.42. The highest BCUT2D eigenvalue weighted by Crippen LogP contribution is 2.36. The summed E-state index contributed by atoms with van der Waals surface area (Å²) in [7, 11) is 1.84. The predicted octanol–water partition coefficient (Wildman–Crippen LogP) is 3.63. The Bertz CT molecular complexity index is 1620. The van der Waals surface area contributed by atoms with Crippen molar-refractivity contribution in [2.24, 2.45) is 7.05 Å². The number of nitrogens with one attached hydrogen (secondary N) is 1. The first-order chi connectivity index (χ1) is 17.7. The van der Waals surface area contributed by atoms with Crippen molar-refractivity contribution in [2.75, 3.05) is 18.5 Å². The summed E-state index contributed by atoms with van der Waals surface area (Å²) in [6.07, 6.45) is 5.91. The molecule has 2 atom stereocenters. The number of ether oxygens (including phenoxy) is 2. The van der Waals surface area contributed by atoms with E-state index in [4.69, 9.17) is 26.2 Å². The maximum Gasteiger partial charge on any atom is 0.210 e. The van der Waals surface area contributed by atoms with Crippen LogP contribution in [-0.4, -0.2) is 63.3 Å². The van der Waals surface area contributed by atoms with Gasteiger partial charge in [0.25, 0.3) is 0 Å². The number of fused-ring (bicyclic) bond motifs is 2. The third-order valence-electron chi connectivity index (χ3n) is 6.34. The van der Waals surface area contributed by atoms with Crippen molar-refractivity contribution >= 4 is 40.2 Å². The fraction of sp³-hybridized carbons (Fsp3) is 0.375. The highest BCUT2D eigenvalue weighted by atomic mass is 35.5. The van der Waals surface area contributed by atoms with Gasteiger partial charge >= 0.3 is 0 Å². The van der Waals surface area contributed by atoms with Crippen LogP contribution in [0.15, 0.2) is 36.9 Å². The summed E-state index contributed by atoms with van der Waals surface area (Å²) >= 11 is 6.75. The SMILES string of the molecule is Cn1c(Nc2cc(C(C)(C)C)n(C3COC[C@H]3O)n2)nc2ncc(Oc3cnn4ccnc4c3)c(Cl)c21. The van der Waals surface area contributed by atoms with Crippen LogP contribution in [0.4, 0.5) is 11.8 Å². The van der Waals surface area contributed by atoms with Crippen LogP contribution in [-0.2, 0) is 17.2 Å². The van der Waals surface area contributed by atoms with Gasteiger partial charge in [0.05, 0.1) is 25.6 Å². The molecule has 192 valence electrons. The van der Waals surface area contributed by atoms with Crippen molar-refractivity contribution in [2.45, 2.75) is 38.3 Å². The predicted molar refractivity (Wildman–Crippen MR) is 137 cm³/mol. The molecule has 6 rings (SSSR count). The first-order valence-electron chi connectivity index (χ1n) is 11.8. The Balaban J connectivity index is 1.33. The number of aryl methyl sites for hydroxylation is 1. The molecule has 0 amide bonds. The summed E-state index contributed by atoms with van der Waals surface area (Å²) in [5.41, 5.74) is 2.48. The number of pyridine rings is 1. The number of hydrogen-bond donors (Lipinski definition) is 2. The van der Waals surface area contributed by atoms with Crippen molar-refractivity contribution in [1.29, 1.82) is 0 Å². The number of aliphatic hydroxyl groups excluding tert-OH is 1. The molecule has 1 aliphatic rings. The molecule has 37 heavy (non-hydrogen) atoms. The Morgan fingerprint density at radius 1 is 1.19 bits per heavy atom. The van der Waals surface area contributed by atoms with Crippen molar-refractivity contribution in [3.63, 3.8) is 0 Å². The minimum Gasteiger partial charge on any atom is -0.452 e. The molecule has 0 bridgehead atoms. The zero-order valence-electron chi connectivity index (χ0n) is 20.8. The van der Waals surface area contributed by atoms with Gasteiger partial charge in [0.1, 0.15) is 22.7 Å². The summed E-state index contributed by atoms with van der Waals surface area (Å²) < 4.78 is 16.7. The van der Waals surface area contributed by atoms with Gasteiger partial charge in [0.2, 0.25) is 5.95 Å². The second-order valence-corrected chi connectivity index (χ2v) is 10.4. The Morgan fingerprint density at radius 2 is 2.03 bits per heavy atom. The van der Waals surface area contributed by atoms with E-state index >= 15 is 0 Å². The summed E-state index contributed by atoms with van der Waals surface area (Å²) in [4.78, 5) is 13.3. The van der Waals surface area contributed by atoms with Crippen LogP contribution in [0, 0.1) is 0 Å². The molecule has 1 saturated heterocycles. The summed E-state index contributed by atoms with van der Waals surface area (Å²) in [5, 5.41) is 23.1. The lowest BCUT2D eigenvalue weighted by Crippen LogP contribution is -2.28. The third kappa shape index (κ3) is 4.16. The van der Waals surface area contributed by atoms with Crippen LogP contribution in [0.2, 0.25) is 5.02 Å². The quantitative estimate of drug-likeness (QED) is 0.354. The van der Waals surface area contributed by atoms with Crippen molar-refractivity contribution in [3.8, 4) is 11.5 Å². The number of halogens is 1. The maximum absolute atomic E-state index is 10.4. The van der Waals surface area contributed by atoms with Gasteiger partial charge in [-0.05, 0) is 0 Å². The van der Waals surface area contributed by atoms with Crippen molar-refractivity contribution in [3.05, 3.63) is 47.6 Å². The normalized spacial score (nSPS) is 18.2. The minimum absolute atomic E-state index is 0.201. The first kappa shape index (κ1) is 23.6. The minimum atomic E-state index is -0.615. The second kappa shape index (κ2) is 8.68. The number of anilines is 2. The van der Waals surface area contributed by atoms with Crippen LogP contribution in [0.3, 0.4) is 0 Å². The Kier molecular flexibility index (Phi) is 5.55. The number of aromatic nitrogens is 8. The number of imidazole rings is 2. The molecule has 1 fully saturated rings. The van der Waals surface area contributed by atoms with Gasteiger partial charge in [-0.25, -0.2) is 14.5 Å². The molecule has 0 radical (unpaired) electrons. The Labute approximate surface area is 216 Å². The lowest BCUT2D eigenvalue weighted by Gasteiger charge is -2.24. The van der Waals surface area contributed by atoms with Crippen LogP contribution in [0.25, 0.3) is 16.8 Å². The molecule has 5 aromatic heterocycles. The summed E-state index contributed by atoms with van der Waals surface area (Å²) in [6.45, 7) is 7.01. The number of aliphatic hydroxyl groups is 1. The van der Waals surface area contributed by atoms with E-state index in [-0.39, 0.29) is 11.5 Å². The molecule has 13 heteroatoms. The van der Waals surface area contributed by atoms with E-state index in [2.05, 4.69) is 46.1 Å². The number of rotatable bonds is 5. The Morgan fingerprint density at radius 3 is 2.78 bits per heavy atom. The molecule has 12 nitrogen and oxygen atoms in total. The molecular formula is C24H26ClN9O3. The highest BCUT2D eigenvalue weighted by molar-refractivity contribution is 6.36. The monoisotopic (exact) mass is 523 g/mol. The average molecular weight is 524 g/mol. The Hall–Kier alpha value is -3.74. The van der Waals surface area contributed by atoms with E-state index in [1.54, 1.807) is 33.7 Å². The molecule has 0 spiro atoms. The van der Waals surface area contributed by atoms with Crippen LogP contribution in [0.5, 0.6) is 11.5 Å². The summed E-state index contributed by atoms with van der Waals surface area (Å²) in [6, 6.07) is 3.48. The largest absolute Gasteiger partial charge is 0.452 e. The molecule has 1 aliphatic heterocycles. The fourth-order valence-corrected chi connectivity index (χ4v) is 4.72. The molecule has 0 aliphatic carbocycles. The second-order valence-electron chi connectivity index (χ2n) is 10.0. The van der Waals surface area contributed by atoms with Crippen LogP contribution in [0.1, 0.15) is 32.5 Å². The van der Waals surface area contributed by atoms with Crippen molar-refractivity contribution < 1.29 is 14.6 Å². The van der Waals surface area contributed by atoms with Gasteiger partial charge in [-0.1, -0.05) is 32.4 Å². The maximum atomic E-state index is 10.4. The molecular weight excluding hydrogens is 498 g/mol. The lowest BCUT2D eigenvalue weighted by molar-refractivity contribution is 0.117. The van der Waals surface area contributed by atoms with E-state index in [0.29, 0.717) is 58.3 Å². The van der Waals surface area contributed by atoms with Gasteiger partial charge in [0.15, 0.2) is 28.6 Å². The summed E-state index contributed by atoms with van der Waals surface area (Å²) in [5.74, 6) is 1.96. The van der Waals surface area contributed by atoms with Crippen LogP contribution >= 0.6 is 11.6 Å². The van der Waals surface area contributed by atoms with E-state index in [1.165, 1.54) is 6.20 Å². The van der Waals surface area contributed by atoms with Crippen molar-refractivity contribution in [1.82, 2.24) is 38.9 Å². The van der Waals surface area contributed by atoms with E-state index in [9.17, 15) is 5.11 Å². The molecule has 1 unspecified atom stereocenters. The third-order valence-corrected chi connectivity index (χ3v) is 6.71. The van der Waals surface area contributed by atoms with E-state index < -0.39 is 6.10 Å². The average Bonchev–Trinajstić information content (AvgIpc) is 3.62. The lowest BCUT2D eigenvalue weighted by atomic mass is 9.91. The molecule has 6 heterocycles. The van der Waals surface area contributed by atoms with Gasteiger partial charge in [-0.15, -0.1) is 0 Å². The van der Waals surface area contributed by atoms with Crippen LogP contribution < -0.4 is 10.1 Å². The molecule has 2 N–H and O–H groups in total. The topological polar surface area (TPSA) is 129 Å². The van der Waals surface area contributed by atoms with Gasteiger partial charge in [-0.2, -0.15) is 15.2 Å². The number of hydrogen-bond acceptors (Lipinski definition) is 9. The van der Waals surface area contributed by atoms with Gasteiger partial charge in [0, 0.05) is 42.7 Å². The molecule has 0 saturated carbocycles.